The Bertz CT molecular complexity index is 1420. The minimum absolute atomic E-state index is 0.336. The maximum atomic E-state index is 10.1. The molecule has 0 amide bonds. The number of hydrazone groups is 1. The number of para-hydroxylation sites is 1. The normalized spacial score (nSPS) is 19.9. The quantitative estimate of drug-likeness (QED) is 0.538. The van der Waals surface area contributed by atoms with E-state index in [-0.39, 0.29) is 0 Å². The predicted octanol–water partition coefficient (Wildman–Crippen LogP) is 4.14. The highest BCUT2D eigenvalue weighted by molar-refractivity contribution is 6.11. The molecular formula is C29H29N7O. The molecular weight excluding hydrogens is 462 g/mol. The number of aryl methyl sites for hydroxylation is 1. The van der Waals surface area contributed by atoms with E-state index in [0.29, 0.717) is 11.3 Å². The Labute approximate surface area is 217 Å². The molecule has 5 rings (SSSR count). The van der Waals surface area contributed by atoms with Crippen molar-refractivity contribution >= 4 is 23.2 Å². The highest BCUT2D eigenvalue weighted by Crippen LogP contribution is 2.30. The van der Waals surface area contributed by atoms with Crippen LogP contribution in [-0.2, 0) is 4.74 Å². The second-order valence-corrected chi connectivity index (χ2v) is 9.21. The van der Waals surface area contributed by atoms with Gasteiger partial charge < -0.3 is 19.9 Å². The van der Waals surface area contributed by atoms with Crippen LogP contribution in [0.15, 0.2) is 71.3 Å². The number of benzene rings is 2. The van der Waals surface area contributed by atoms with Gasteiger partial charge in [-0.1, -0.05) is 18.2 Å². The van der Waals surface area contributed by atoms with E-state index >= 15 is 0 Å². The van der Waals surface area contributed by atoms with E-state index in [2.05, 4.69) is 51.0 Å². The van der Waals surface area contributed by atoms with Gasteiger partial charge in [-0.15, -0.1) is 0 Å². The molecule has 0 bridgehead atoms. The Kier molecular flexibility index (Phi) is 6.78. The molecule has 2 aliphatic heterocycles. The van der Waals surface area contributed by atoms with E-state index in [0.717, 1.165) is 54.6 Å². The third kappa shape index (κ3) is 4.61. The summed E-state index contributed by atoms with van der Waals surface area (Å²) in [6, 6.07) is 24.5. The zero-order valence-corrected chi connectivity index (χ0v) is 21.0. The van der Waals surface area contributed by atoms with E-state index in [4.69, 9.17) is 10.5 Å². The highest BCUT2D eigenvalue weighted by atomic mass is 16.5. The first kappa shape index (κ1) is 24.3. The molecule has 2 N–H and O–H groups in total. The van der Waals surface area contributed by atoms with Crippen LogP contribution >= 0.6 is 0 Å². The summed E-state index contributed by atoms with van der Waals surface area (Å²) in [5, 5.41) is 26.2. The van der Waals surface area contributed by atoms with Gasteiger partial charge in [0.15, 0.2) is 0 Å². The summed E-state index contributed by atoms with van der Waals surface area (Å²) in [7, 11) is 0. The lowest BCUT2D eigenvalue weighted by molar-refractivity contribution is 0.122. The molecule has 1 saturated heterocycles. The third-order valence-electron chi connectivity index (χ3n) is 6.94. The van der Waals surface area contributed by atoms with Gasteiger partial charge in [0, 0.05) is 35.9 Å². The van der Waals surface area contributed by atoms with Crippen LogP contribution < -0.4 is 15.6 Å². The van der Waals surface area contributed by atoms with Gasteiger partial charge in [-0.25, -0.2) is 5.01 Å². The van der Waals surface area contributed by atoms with Crippen molar-refractivity contribution in [3.8, 4) is 17.8 Å². The number of nitrogens with zero attached hydrogens (tertiary/aromatic N) is 6. The van der Waals surface area contributed by atoms with Crippen molar-refractivity contribution in [2.24, 2.45) is 16.8 Å². The van der Waals surface area contributed by atoms with Crippen LogP contribution in [0.2, 0.25) is 0 Å². The van der Waals surface area contributed by atoms with Crippen LogP contribution in [0, 0.1) is 42.4 Å². The molecule has 8 heteroatoms. The summed E-state index contributed by atoms with van der Waals surface area (Å²) < 4.78 is 7.64. The van der Waals surface area contributed by atoms with Crippen molar-refractivity contribution in [3.05, 3.63) is 83.2 Å². The van der Waals surface area contributed by atoms with E-state index in [1.165, 1.54) is 5.69 Å². The van der Waals surface area contributed by atoms with Gasteiger partial charge >= 0.3 is 0 Å². The molecule has 0 radical (unpaired) electrons. The standard InChI is InChI=1S/C29H29N7O/c1-20-16-22(21(2)35(20)25-10-8-24(9-11-25)34-12-14-37-15-13-34)17-23(18-30)28-27(19-31)29(32)36(33-28)26-6-4-3-5-7-26/h3-11,16-17,27,29H,12-15,32H2,1-2H3/b23-17-/t27-,29-/m0/s1. The van der Waals surface area contributed by atoms with Crippen molar-refractivity contribution < 1.29 is 4.74 Å². The van der Waals surface area contributed by atoms with E-state index in [1.807, 2.05) is 56.3 Å². The fourth-order valence-corrected chi connectivity index (χ4v) is 5.00. The van der Waals surface area contributed by atoms with Gasteiger partial charge in [-0.3, -0.25) is 0 Å². The first-order valence-electron chi connectivity index (χ1n) is 12.3. The van der Waals surface area contributed by atoms with Crippen molar-refractivity contribution in [2.75, 3.05) is 36.2 Å². The van der Waals surface area contributed by atoms with Crippen LogP contribution in [0.3, 0.4) is 0 Å². The van der Waals surface area contributed by atoms with Crippen LogP contribution in [0.4, 0.5) is 11.4 Å². The number of anilines is 2. The monoisotopic (exact) mass is 491 g/mol. The van der Waals surface area contributed by atoms with Crippen molar-refractivity contribution in [1.29, 1.82) is 10.5 Å². The summed E-state index contributed by atoms with van der Waals surface area (Å²) in [5.41, 5.74) is 13.1. The van der Waals surface area contributed by atoms with Crippen molar-refractivity contribution in [1.82, 2.24) is 4.57 Å². The fourth-order valence-electron chi connectivity index (χ4n) is 5.00. The SMILES string of the molecule is Cc1cc(/C=C(/C#N)C2=NN(c3ccccc3)[C@H](N)[C@H]2C#N)c(C)n1-c1ccc(N2CCOCC2)cc1. The Morgan fingerprint density at radius 2 is 1.68 bits per heavy atom. The van der Waals surface area contributed by atoms with Gasteiger partial charge in [-0.05, 0) is 68.0 Å². The van der Waals surface area contributed by atoms with E-state index in [9.17, 15) is 10.5 Å². The van der Waals surface area contributed by atoms with E-state index in [1.54, 1.807) is 5.01 Å². The van der Waals surface area contributed by atoms with Gasteiger partial charge in [0.05, 0.1) is 36.3 Å². The van der Waals surface area contributed by atoms with Crippen LogP contribution in [0.5, 0.6) is 0 Å². The Morgan fingerprint density at radius 1 is 1.00 bits per heavy atom. The Morgan fingerprint density at radius 3 is 2.32 bits per heavy atom. The average molecular weight is 492 g/mol. The van der Waals surface area contributed by atoms with Gasteiger partial charge in [0.25, 0.3) is 0 Å². The molecule has 2 atom stereocenters. The Hall–Kier alpha value is -4.37. The van der Waals surface area contributed by atoms with Crippen molar-refractivity contribution in [3.63, 3.8) is 0 Å². The zero-order chi connectivity index (χ0) is 25.9. The molecule has 2 aromatic carbocycles. The maximum absolute atomic E-state index is 10.1. The number of aromatic nitrogens is 1. The number of ether oxygens (including phenoxy) is 1. The summed E-state index contributed by atoms with van der Waals surface area (Å²) in [5.74, 6) is -0.720. The summed E-state index contributed by atoms with van der Waals surface area (Å²) in [6.45, 7) is 7.37. The van der Waals surface area contributed by atoms with Crippen LogP contribution in [0.1, 0.15) is 17.0 Å². The predicted molar refractivity (Wildman–Crippen MR) is 145 cm³/mol. The summed E-state index contributed by atoms with van der Waals surface area (Å²) in [4.78, 5) is 2.33. The lowest BCUT2D eigenvalue weighted by Crippen LogP contribution is -2.40. The number of nitriles is 2. The molecule has 3 heterocycles. The molecule has 0 saturated carbocycles. The molecule has 0 spiro atoms. The number of nitrogens with two attached hydrogens (primary N) is 1. The molecule has 37 heavy (non-hydrogen) atoms. The topological polar surface area (TPSA) is 107 Å². The molecule has 3 aromatic rings. The molecule has 0 aliphatic carbocycles. The average Bonchev–Trinajstić information content (AvgIpc) is 3.42. The van der Waals surface area contributed by atoms with Crippen molar-refractivity contribution in [2.45, 2.75) is 20.0 Å². The van der Waals surface area contributed by atoms with Gasteiger partial charge in [-0.2, -0.15) is 15.6 Å². The number of hydrogen-bond donors (Lipinski definition) is 1. The largest absolute Gasteiger partial charge is 0.378 e. The first-order valence-corrected chi connectivity index (χ1v) is 12.3. The molecule has 1 aromatic heterocycles. The Balaban J connectivity index is 1.47. The van der Waals surface area contributed by atoms with Gasteiger partial charge in [0.2, 0.25) is 0 Å². The number of morpholine rings is 1. The van der Waals surface area contributed by atoms with Crippen LogP contribution in [0.25, 0.3) is 11.8 Å². The fraction of sp³-hybridized carbons (Fsp3) is 0.276. The van der Waals surface area contributed by atoms with Gasteiger partial charge in [0.1, 0.15) is 18.2 Å². The molecule has 186 valence electrons. The van der Waals surface area contributed by atoms with E-state index < -0.39 is 12.1 Å². The minimum atomic E-state index is -0.720. The van der Waals surface area contributed by atoms with Crippen LogP contribution in [-0.4, -0.2) is 42.7 Å². The smallest absolute Gasteiger partial charge is 0.127 e. The third-order valence-corrected chi connectivity index (χ3v) is 6.94. The lowest BCUT2D eigenvalue weighted by Gasteiger charge is -2.29. The zero-order valence-electron chi connectivity index (χ0n) is 21.0. The second kappa shape index (κ2) is 10.3. The first-order chi connectivity index (χ1) is 18.0. The lowest BCUT2D eigenvalue weighted by atomic mass is 9.95. The molecule has 2 aliphatic rings. The number of hydrogen-bond acceptors (Lipinski definition) is 7. The summed E-state index contributed by atoms with van der Waals surface area (Å²) >= 11 is 0. The number of allylic oxidation sites excluding steroid dienone is 1. The molecule has 0 unspecified atom stereocenters. The molecule has 1 fully saturated rings. The summed E-state index contributed by atoms with van der Waals surface area (Å²) in [6.07, 6.45) is 1.14. The molecule has 8 nitrogen and oxygen atoms in total. The second-order valence-electron chi connectivity index (χ2n) is 9.21. The minimum Gasteiger partial charge on any atom is -0.378 e. The highest BCUT2D eigenvalue weighted by Gasteiger charge is 2.37. The maximum Gasteiger partial charge on any atom is 0.127 e. The number of rotatable bonds is 5.